The summed E-state index contributed by atoms with van der Waals surface area (Å²) < 4.78 is 29.3. The van der Waals surface area contributed by atoms with Gasteiger partial charge in [0.15, 0.2) is 0 Å². The van der Waals surface area contributed by atoms with Gasteiger partial charge in [-0.25, -0.2) is 4.98 Å². The van der Waals surface area contributed by atoms with Crippen LogP contribution in [0.1, 0.15) is 34.5 Å². The molecule has 186 valence electrons. The van der Waals surface area contributed by atoms with Gasteiger partial charge >= 0.3 is 0 Å². The molecule has 37 heavy (non-hydrogen) atoms. The average molecular weight is 513 g/mol. The fraction of sp³-hybridized carbons (Fsp3) is 0.185. The minimum atomic E-state index is -3.86. The molecule has 9 nitrogen and oxygen atoms in total. The monoisotopic (exact) mass is 512 g/mol. The third-order valence-corrected chi connectivity index (χ3v) is 8.08. The predicted molar refractivity (Wildman–Crippen MR) is 140 cm³/mol. The molecule has 3 aromatic heterocycles. The molecule has 0 radical (unpaired) electrons. The number of nitrogens with zero attached hydrogens (tertiary/aromatic N) is 5. The average Bonchev–Trinajstić information content (AvgIpc) is 3.52. The Hall–Kier alpha value is -4.31. The van der Waals surface area contributed by atoms with Crippen molar-refractivity contribution in [3.63, 3.8) is 0 Å². The second-order valence-electron chi connectivity index (χ2n) is 9.12. The molecule has 5 heterocycles. The molecule has 1 amide bonds. The van der Waals surface area contributed by atoms with Gasteiger partial charge in [0.1, 0.15) is 0 Å². The van der Waals surface area contributed by atoms with Gasteiger partial charge in [-0.2, -0.15) is 17.6 Å². The number of para-hydroxylation sites is 2. The van der Waals surface area contributed by atoms with Crippen LogP contribution in [0, 0.1) is 6.92 Å². The van der Waals surface area contributed by atoms with Gasteiger partial charge in [0.25, 0.3) is 15.9 Å². The van der Waals surface area contributed by atoms with Crippen molar-refractivity contribution >= 4 is 32.9 Å². The standard InChI is InChI=1S/C27H24N6O3S/c1-18-14-20-15-24(29-18)21-16-28-33(17-21)37(35,36)22-11-9-19(10-12-22)6-4-5-13-32-25-8-3-2-7-23(25)30-27(32)31-26(20)34/h2-3,7-12,14-17H,4-6,13H2,1H3,(H,30,31,34). The van der Waals surface area contributed by atoms with Gasteiger partial charge in [-0.15, -0.1) is 0 Å². The number of rotatable bonds is 0. The number of aryl methyl sites for hydroxylation is 3. The minimum absolute atomic E-state index is 0.163. The Morgan fingerprint density at radius 2 is 1.76 bits per heavy atom. The number of carbonyl (C=O) groups is 1. The summed E-state index contributed by atoms with van der Waals surface area (Å²) in [5.41, 5.74) is 4.78. The predicted octanol–water partition coefficient (Wildman–Crippen LogP) is 4.43. The normalized spacial score (nSPS) is 15.4. The smallest absolute Gasteiger partial charge is 0.282 e. The lowest BCUT2D eigenvalue weighted by molar-refractivity contribution is 0.102. The van der Waals surface area contributed by atoms with E-state index in [1.54, 1.807) is 31.2 Å². The van der Waals surface area contributed by atoms with Crippen LogP contribution in [0.4, 0.5) is 5.95 Å². The number of fused-ring (bicyclic) bond motifs is 7. The first-order valence-corrected chi connectivity index (χ1v) is 13.5. The van der Waals surface area contributed by atoms with E-state index in [1.165, 1.54) is 12.4 Å². The molecule has 0 saturated heterocycles. The molecule has 5 aromatic rings. The van der Waals surface area contributed by atoms with E-state index in [4.69, 9.17) is 0 Å². The summed E-state index contributed by atoms with van der Waals surface area (Å²) in [5, 5.41) is 7.07. The number of aromatic nitrogens is 5. The zero-order valence-corrected chi connectivity index (χ0v) is 20.9. The van der Waals surface area contributed by atoms with Crippen molar-refractivity contribution < 1.29 is 13.2 Å². The highest BCUT2D eigenvalue weighted by Crippen LogP contribution is 2.25. The summed E-state index contributed by atoms with van der Waals surface area (Å²) in [5.74, 6) is 0.169. The lowest BCUT2D eigenvalue weighted by atomic mass is 10.1. The zero-order chi connectivity index (χ0) is 25.6. The summed E-state index contributed by atoms with van der Waals surface area (Å²) in [4.78, 5) is 22.7. The van der Waals surface area contributed by atoms with E-state index in [0.29, 0.717) is 35.0 Å². The number of anilines is 1. The molecule has 2 aliphatic heterocycles. The SMILES string of the molecule is Cc1cc2cc(n1)-c1cnn(c1)S(=O)(=O)c1ccc(cc1)CCCCn1c(nc3ccccc31)NC2=O. The molecule has 0 fully saturated rings. The number of carbonyl (C=O) groups excluding carboxylic acids is 1. The van der Waals surface area contributed by atoms with Crippen molar-refractivity contribution in [2.75, 3.05) is 5.32 Å². The van der Waals surface area contributed by atoms with Crippen LogP contribution in [0.15, 0.2) is 78.0 Å². The van der Waals surface area contributed by atoms with E-state index < -0.39 is 10.0 Å². The van der Waals surface area contributed by atoms with Crippen LogP contribution in [0.2, 0.25) is 0 Å². The zero-order valence-electron chi connectivity index (χ0n) is 20.1. The molecule has 0 atom stereocenters. The van der Waals surface area contributed by atoms with Crippen LogP contribution < -0.4 is 5.32 Å². The summed E-state index contributed by atoms with van der Waals surface area (Å²) >= 11 is 0. The Kier molecular flexibility index (Phi) is 5.60. The fourth-order valence-electron chi connectivity index (χ4n) is 4.62. The lowest BCUT2D eigenvalue weighted by Gasteiger charge is -2.11. The van der Waals surface area contributed by atoms with Crippen molar-refractivity contribution in [1.82, 2.24) is 23.7 Å². The Bertz CT molecular complexity index is 1750. The van der Waals surface area contributed by atoms with Gasteiger partial charge < -0.3 is 4.57 Å². The number of pyridine rings is 1. The molecule has 0 aliphatic carbocycles. The molecular weight excluding hydrogens is 488 g/mol. The van der Waals surface area contributed by atoms with E-state index in [9.17, 15) is 13.2 Å². The summed E-state index contributed by atoms with van der Waals surface area (Å²) in [6.45, 7) is 2.47. The quantitative estimate of drug-likeness (QED) is 0.329. The van der Waals surface area contributed by atoms with Gasteiger partial charge in [0.2, 0.25) is 5.95 Å². The second kappa shape index (κ2) is 8.97. The summed E-state index contributed by atoms with van der Waals surface area (Å²) in [6, 6.07) is 18.1. The van der Waals surface area contributed by atoms with Gasteiger partial charge in [-0.05, 0) is 68.1 Å². The van der Waals surface area contributed by atoms with Crippen molar-refractivity contribution in [1.29, 1.82) is 0 Å². The lowest BCUT2D eigenvalue weighted by Crippen LogP contribution is -2.17. The molecule has 7 rings (SSSR count). The second-order valence-corrected chi connectivity index (χ2v) is 10.9. The van der Waals surface area contributed by atoms with Crippen molar-refractivity contribution in [3.8, 4) is 11.3 Å². The molecule has 0 unspecified atom stereocenters. The maximum atomic E-state index is 13.3. The van der Waals surface area contributed by atoms with Crippen LogP contribution in [0.3, 0.4) is 0 Å². The van der Waals surface area contributed by atoms with E-state index >= 15 is 0 Å². The van der Waals surface area contributed by atoms with Crippen molar-refractivity contribution in [2.24, 2.45) is 0 Å². The number of hydrogen-bond donors (Lipinski definition) is 1. The number of benzene rings is 2. The van der Waals surface area contributed by atoms with E-state index in [1.807, 2.05) is 41.0 Å². The topological polar surface area (TPSA) is 112 Å². The highest BCUT2D eigenvalue weighted by Gasteiger charge is 2.21. The first-order chi connectivity index (χ1) is 17.9. The van der Waals surface area contributed by atoms with Gasteiger partial charge in [0.05, 0.1) is 34.0 Å². The molecule has 10 heteroatoms. The van der Waals surface area contributed by atoms with Crippen LogP contribution in [-0.4, -0.2) is 38.0 Å². The maximum absolute atomic E-state index is 13.3. The van der Waals surface area contributed by atoms with Crippen LogP contribution in [-0.2, 0) is 23.0 Å². The van der Waals surface area contributed by atoms with E-state index in [2.05, 4.69) is 20.4 Å². The molecule has 0 saturated carbocycles. The van der Waals surface area contributed by atoms with Crippen LogP contribution in [0.5, 0.6) is 0 Å². The third-order valence-electron chi connectivity index (χ3n) is 6.52. The molecule has 2 aliphatic rings. The highest BCUT2D eigenvalue weighted by molar-refractivity contribution is 7.89. The van der Waals surface area contributed by atoms with Gasteiger partial charge in [-0.3, -0.25) is 15.1 Å². The number of nitrogens with one attached hydrogen (secondary N) is 1. The number of amides is 1. The van der Waals surface area contributed by atoms with Crippen LogP contribution in [0.25, 0.3) is 22.3 Å². The minimum Gasteiger partial charge on any atom is -0.310 e. The van der Waals surface area contributed by atoms with Gasteiger partial charge in [0, 0.05) is 23.4 Å². The fourth-order valence-corrected chi connectivity index (χ4v) is 5.74. The van der Waals surface area contributed by atoms with Gasteiger partial charge in [-0.1, -0.05) is 24.3 Å². The molecule has 1 N–H and O–H groups in total. The summed E-state index contributed by atoms with van der Waals surface area (Å²) in [7, 11) is -3.86. The first kappa shape index (κ1) is 23.1. The Balaban J connectivity index is 1.47. The summed E-state index contributed by atoms with van der Waals surface area (Å²) in [6.07, 6.45) is 5.41. The largest absolute Gasteiger partial charge is 0.310 e. The Labute approximate surface area is 213 Å². The molecular formula is C27H24N6O3S. The Morgan fingerprint density at radius 1 is 0.946 bits per heavy atom. The van der Waals surface area contributed by atoms with E-state index in [0.717, 1.165) is 39.9 Å². The number of imidazole rings is 1. The number of hydrogen-bond acceptors (Lipinski definition) is 6. The van der Waals surface area contributed by atoms with Crippen LogP contribution >= 0.6 is 0 Å². The molecule has 2 aromatic carbocycles. The Morgan fingerprint density at radius 3 is 2.59 bits per heavy atom. The van der Waals surface area contributed by atoms with Crippen molar-refractivity contribution in [3.05, 3.63) is 89.9 Å². The highest BCUT2D eigenvalue weighted by atomic mass is 32.2. The molecule has 0 spiro atoms. The molecule has 6 bridgehead atoms. The van der Waals surface area contributed by atoms with E-state index in [-0.39, 0.29) is 10.8 Å². The first-order valence-electron chi connectivity index (χ1n) is 12.0. The maximum Gasteiger partial charge on any atom is 0.282 e. The van der Waals surface area contributed by atoms with Crippen molar-refractivity contribution in [2.45, 2.75) is 37.6 Å². The third kappa shape index (κ3) is 4.29.